The highest BCUT2D eigenvalue weighted by atomic mass is 16.5. The predicted octanol–water partition coefficient (Wildman–Crippen LogP) is 3.81. The second kappa shape index (κ2) is 10.0. The molecule has 0 spiro atoms. The molecule has 182 valence electrons. The van der Waals surface area contributed by atoms with Gasteiger partial charge in [0.2, 0.25) is 5.91 Å². The van der Waals surface area contributed by atoms with Crippen LogP contribution in [0.5, 0.6) is 11.5 Å². The Morgan fingerprint density at radius 3 is 2.40 bits per heavy atom. The van der Waals surface area contributed by atoms with E-state index < -0.39 is 0 Å². The van der Waals surface area contributed by atoms with Crippen molar-refractivity contribution >= 4 is 22.8 Å². The summed E-state index contributed by atoms with van der Waals surface area (Å²) in [5.74, 6) is 0.864. The molecule has 2 aromatic carbocycles. The quantitative estimate of drug-likeness (QED) is 0.416. The molecule has 0 saturated carbocycles. The number of hydrogen-bond acceptors (Lipinski definition) is 6. The average Bonchev–Trinajstić information content (AvgIpc) is 3.18. The minimum absolute atomic E-state index is 0.108. The van der Waals surface area contributed by atoms with Gasteiger partial charge in [-0.05, 0) is 45.0 Å². The fourth-order valence-electron chi connectivity index (χ4n) is 4.01. The molecule has 1 N–H and O–H groups in total. The Hall–Kier alpha value is -4.14. The zero-order valence-electron chi connectivity index (χ0n) is 20.6. The Kier molecular flexibility index (Phi) is 6.86. The minimum Gasteiger partial charge on any atom is -0.493 e. The largest absolute Gasteiger partial charge is 0.493 e. The predicted molar refractivity (Wildman–Crippen MR) is 135 cm³/mol. The van der Waals surface area contributed by atoms with Crippen LogP contribution in [-0.2, 0) is 17.8 Å². The number of rotatable bonds is 8. The van der Waals surface area contributed by atoms with Crippen LogP contribution in [0.4, 0.5) is 5.69 Å². The number of benzene rings is 2. The van der Waals surface area contributed by atoms with E-state index in [-0.39, 0.29) is 24.3 Å². The molecule has 0 atom stereocenters. The molecule has 4 rings (SSSR count). The lowest BCUT2D eigenvalue weighted by Gasteiger charge is -2.12. The third-order valence-electron chi connectivity index (χ3n) is 5.85. The van der Waals surface area contributed by atoms with Gasteiger partial charge in [0.1, 0.15) is 11.2 Å². The van der Waals surface area contributed by atoms with Crippen LogP contribution in [0.3, 0.4) is 0 Å². The first kappa shape index (κ1) is 24.0. The number of aromatic nitrogens is 4. The molecular formula is C26H29N5O4. The van der Waals surface area contributed by atoms with Gasteiger partial charge in [-0.15, -0.1) is 0 Å². The molecule has 0 unspecified atom stereocenters. The number of hydrogen-bond donors (Lipinski definition) is 1. The van der Waals surface area contributed by atoms with Crippen LogP contribution in [0.1, 0.15) is 30.3 Å². The number of aryl methyl sites for hydroxylation is 4. The summed E-state index contributed by atoms with van der Waals surface area (Å²) in [5.41, 5.74) is 4.73. The third kappa shape index (κ3) is 4.75. The smallest absolute Gasteiger partial charge is 0.273 e. The molecule has 0 aliphatic carbocycles. The first-order chi connectivity index (χ1) is 16.9. The van der Waals surface area contributed by atoms with E-state index in [9.17, 15) is 9.59 Å². The molecule has 2 heterocycles. The molecular weight excluding hydrogens is 446 g/mol. The van der Waals surface area contributed by atoms with E-state index in [4.69, 9.17) is 9.47 Å². The molecule has 1 amide bonds. The average molecular weight is 476 g/mol. The van der Waals surface area contributed by atoms with Crippen LogP contribution in [0, 0.1) is 13.8 Å². The number of carbonyl (C=O) groups is 1. The molecule has 0 saturated heterocycles. The summed E-state index contributed by atoms with van der Waals surface area (Å²) in [6.07, 6.45) is 0.319. The molecule has 35 heavy (non-hydrogen) atoms. The van der Waals surface area contributed by atoms with Crippen molar-refractivity contribution in [2.45, 2.75) is 40.2 Å². The molecule has 0 aliphatic heterocycles. The summed E-state index contributed by atoms with van der Waals surface area (Å²) in [5, 5.41) is 7.49. The first-order valence-electron chi connectivity index (χ1n) is 11.4. The molecule has 0 bridgehead atoms. The van der Waals surface area contributed by atoms with Crippen molar-refractivity contribution in [3.8, 4) is 17.2 Å². The molecule has 0 radical (unpaired) electrons. The molecule has 0 fully saturated rings. The maximum absolute atomic E-state index is 13.3. The maximum Gasteiger partial charge on any atom is 0.273 e. The summed E-state index contributed by atoms with van der Waals surface area (Å²) in [4.78, 5) is 30.5. The van der Waals surface area contributed by atoms with Gasteiger partial charge in [-0.2, -0.15) is 5.10 Å². The highest BCUT2D eigenvalue weighted by Gasteiger charge is 2.19. The zero-order valence-corrected chi connectivity index (χ0v) is 20.6. The van der Waals surface area contributed by atoms with Gasteiger partial charge in [0.15, 0.2) is 17.1 Å². The number of nitrogens with one attached hydrogen (secondary N) is 1. The molecule has 9 nitrogen and oxygen atoms in total. The molecule has 2 aromatic heterocycles. The van der Waals surface area contributed by atoms with Gasteiger partial charge in [-0.1, -0.05) is 17.7 Å². The first-order valence-corrected chi connectivity index (χ1v) is 11.4. The van der Waals surface area contributed by atoms with Gasteiger partial charge in [0.25, 0.3) is 5.56 Å². The summed E-state index contributed by atoms with van der Waals surface area (Å²) >= 11 is 0. The van der Waals surface area contributed by atoms with Crippen LogP contribution >= 0.6 is 0 Å². The SMILES string of the molecule is CCn1c(=O)c(CCC(=O)Nc2ccc(OC)c(OC)c2)nc2c(C)nn(-c3ccc(C)cc3)c21. The van der Waals surface area contributed by atoms with Crippen molar-refractivity contribution in [1.82, 2.24) is 19.3 Å². The lowest BCUT2D eigenvalue weighted by atomic mass is 10.2. The number of carbonyl (C=O) groups excluding carboxylic acids is 1. The number of methoxy groups -OCH3 is 2. The Morgan fingerprint density at radius 1 is 1.03 bits per heavy atom. The van der Waals surface area contributed by atoms with Crippen LogP contribution < -0.4 is 20.3 Å². The van der Waals surface area contributed by atoms with Crippen LogP contribution in [0.2, 0.25) is 0 Å². The van der Waals surface area contributed by atoms with Crippen LogP contribution in [0.15, 0.2) is 47.3 Å². The van der Waals surface area contributed by atoms with Crippen LogP contribution in [0.25, 0.3) is 16.9 Å². The van der Waals surface area contributed by atoms with E-state index in [1.807, 2.05) is 45.0 Å². The van der Waals surface area contributed by atoms with E-state index in [0.29, 0.717) is 40.6 Å². The van der Waals surface area contributed by atoms with E-state index in [0.717, 1.165) is 16.9 Å². The van der Waals surface area contributed by atoms with Gasteiger partial charge < -0.3 is 14.8 Å². The Bertz CT molecular complexity index is 1440. The van der Waals surface area contributed by atoms with Gasteiger partial charge in [-0.25, -0.2) is 9.67 Å². The second-order valence-corrected chi connectivity index (χ2v) is 8.23. The molecule has 0 aliphatic rings. The van der Waals surface area contributed by atoms with E-state index in [2.05, 4.69) is 15.4 Å². The fraction of sp³-hybridized carbons (Fsp3) is 0.308. The standard InChI is InChI=1S/C26H29N5O4/c1-6-30-25-24(17(3)29-31(25)19-10-7-16(2)8-11-19)28-20(26(30)33)12-14-23(32)27-18-9-13-21(34-4)22(15-18)35-5/h7-11,13,15H,6,12,14H2,1-5H3,(H,27,32). The Morgan fingerprint density at radius 2 is 1.74 bits per heavy atom. The van der Waals surface area contributed by atoms with Crippen molar-refractivity contribution in [1.29, 1.82) is 0 Å². The van der Waals surface area contributed by atoms with Gasteiger partial charge in [0, 0.05) is 31.1 Å². The highest BCUT2D eigenvalue weighted by Crippen LogP contribution is 2.29. The van der Waals surface area contributed by atoms with E-state index in [1.165, 1.54) is 7.11 Å². The zero-order chi connectivity index (χ0) is 25.1. The summed E-state index contributed by atoms with van der Waals surface area (Å²) in [6, 6.07) is 13.1. The molecule has 4 aromatic rings. The van der Waals surface area contributed by atoms with Gasteiger partial charge in [-0.3, -0.25) is 14.2 Å². The normalized spacial score (nSPS) is 11.0. The maximum atomic E-state index is 13.3. The number of fused-ring (bicyclic) bond motifs is 1. The van der Waals surface area contributed by atoms with Gasteiger partial charge in [0.05, 0.1) is 25.6 Å². The molecule has 9 heteroatoms. The van der Waals surface area contributed by atoms with Gasteiger partial charge >= 0.3 is 0 Å². The lowest BCUT2D eigenvalue weighted by molar-refractivity contribution is -0.116. The second-order valence-electron chi connectivity index (χ2n) is 8.23. The van der Waals surface area contributed by atoms with E-state index >= 15 is 0 Å². The van der Waals surface area contributed by atoms with Crippen molar-refractivity contribution in [3.05, 3.63) is 69.8 Å². The lowest BCUT2D eigenvalue weighted by Crippen LogP contribution is -2.27. The summed E-state index contributed by atoms with van der Waals surface area (Å²) < 4.78 is 13.9. The summed E-state index contributed by atoms with van der Waals surface area (Å²) in [7, 11) is 3.09. The summed E-state index contributed by atoms with van der Waals surface area (Å²) in [6.45, 7) is 6.27. The third-order valence-corrected chi connectivity index (χ3v) is 5.85. The monoisotopic (exact) mass is 475 g/mol. The van der Waals surface area contributed by atoms with E-state index in [1.54, 1.807) is 34.6 Å². The number of anilines is 1. The Labute approximate surface area is 203 Å². The number of amides is 1. The van der Waals surface area contributed by atoms with Crippen molar-refractivity contribution in [2.24, 2.45) is 0 Å². The minimum atomic E-state index is -0.228. The van der Waals surface area contributed by atoms with Crippen LogP contribution in [-0.4, -0.2) is 39.5 Å². The highest BCUT2D eigenvalue weighted by molar-refractivity contribution is 5.91. The topological polar surface area (TPSA) is 100 Å². The van der Waals surface area contributed by atoms with Crippen molar-refractivity contribution in [3.63, 3.8) is 0 Å². The number of nitrogens with zero attached hydrogens (tertiary/aromatic N) is 4. The van der Waals surface area contributed by atoms with Crippen molar-refractivity contribution in [2.75, 3.05) is 19.5 Å². The Balaban J connectivity index is 1.60. The van der Waals surface area contributed by atoms with Crippen molar-refractivity contribution < 1.29 is 14.3 Å². The fourth-order valence-corrected chi connectivity index (χ4v) is 4.01. The number of ether oxygens (including phenoxy) is 2.